The topological polar surface area (TPSA) is 37.3 Å². The average molecular weight is 140 g/mol. The number of aliphatic carboxylic acids is 1. The molecule has 0 rings (SSSR count). The maximum atomic E-state index is 10.3. The Morgan fingerprint density at radius 2 is 1.90 bits per heavy atom. The Morgan fingerprint density at radius 3 is 2.20 bits per heavy atom. The van der Waals surface area contributed by atoms with Crippen molar-refractivity contribution in [3.63, 3.8) is 0 Å². The molecule has 0 aromatic heterocycles. The fraction of sp³-hybridized carbons (Fsp3) is 0.375. The first-order valence-corrected chi connectivity index (χ1v) is 3.13. The maximum Gasteiger partial charge on any atom is 0.331 e. The van der Waals surface area contributed by atoms with Crippen molar-refractivity contribution in [2.75, 3.05) is 0 Å². The average Bonchev–Trinajstić information content (AvgIpc) is 1.87. The summed E-state index contributed by atoms with van der Waals surface area (Å²) in [6, 6.07) is 0. The van der Waals surface area contributed by atoms with Crippen LogP contribution in [0.25, 0.3) is 0 Å². The standard InChI is InChI=1S/C8H12O2/c1-4-5-6(2)7(3)8(9)10/h4-5H,1-3H3,(H,9,10). The van der Waals surface area contributed by atoms with Crippen molar-refractivity contribution in [3.05, 3.63) is 23.3 Å². The second-order valence-electron chi connectivity index (χ2n) is 2.11. The van der Waals surface area contributed by atoms with Crippen LogP contribution in [0.3, 0.4) is 0 Å². The minimum absolute atomic E-state index is 0.401. The third kappa shape index (κ3) is 2.49. The molecule has 2 nitrogen and oxygen atoms in total. The van der Waals surface area contributed by atoms with Crippen molar-refractivity contribution in [2.24, 2.45) is 0 Å². The van der Waals surface area contributed by atoms with Crippen LogP contribution in [0.2, 0.25) is 0 Å². The van der Waals surface area contributed by atoms with E-state index in [1.165, 1.54) is 0 Å². The van der Waals surface area contributed by atoms with Gasteiger partial charge in [0.15, 0.2) is 0 Å². The lowest BCUT2D eigenvalue weighted by molar-refractivity contribution is -0.132. The second-order valence-corrected chi connectivity index (χ2v) is 2.11. The first-order valence-electron chi connectivity index (χ1n) is 3.13. The van der Waals surface area contributed by atoms with Gasteiger partial charge in [0, 0.05) is 5.57 Å². The number of rotatable bonds is 2. The molecule has 0 heterocycles. The maximum absolute atomic E-state index is 10.3. The largest absolute Gasteiger partial charge is 0.478 e. The van der Waals surface area contributed by atoms with Crippen LogP contribution in [0, 0.1) is 0 Å². The van der Waals surface area contributed by atoms with E-state index in [0.717, 1.165) is 5.57 Å². The van der Waals surface area contributed by atoms with Gasteiger partial charge in [-0.1, -0.05) is 12.2 Å². The first kappa shape index (κ1) is 8.95. The van der Waals surface area contributed by atoms with Gasteiger partial charge in [-0.2, -0.15) is 0 Å². The molecule has 0 atom stereocenters. The lowest BCUT2D eigenvalue weighted by Gasteiger charge is -1.95. The lowest BCUT2D eigenvalue weighted by Crippen LogP contribution is -1.97. The molecule has 2 heteroatoms. The fourth-order valence-corrected chi connectivity index (χ4v) is 0.544. The highest BCUT2D eigenvalue weighted by atomic mass is 16.4. The van der Waals surface area contributed by atoms with Crippen LogP contribution in [0.4, 0.5) is 0 Å². The molecule has 10 heavy (non-hydrogen) atoms. The molecule has 0 amide bonds. The van der Waals surface area contributed by atoms with Crippen LogP contribution in [-0.2, 0) is 4.79 Å². The van der Waals surface area contributed by atoms with Crippen LogP contribution < -0.4 is 0 Å². The van der Waals surface area contributed by atoms with Crippen LogP contribution in [0.5, 0.6) is 0 Å². The molecule has 56 valence electrons. The van der Waals surface area contributed by atoms with E-state index in [4.69, 9.17) is 5.11 Å². The van der Waals surface area contributed by atoms with E-state index in [1.54, 1.807) is 19.9 Å². The van der Waals surface area contributed by atoms with E-state index in [1.807, 2.05) is 13.0 Å². The van der Waals surface area contributed by atoms with Gasteiger partial charge in [-0.05, 0) is 26.3 Å². The molecule has 0 aliphatic heterocycles. The Morgan fingerprint density at radius 1 is 1.40 bits per heavy atom. The number of hydrogen-bond donors (Lipinski definition) is 1. The Kier molecular flexibility index (Phi) is 3.47. The van der Waals surface area contributed by atoms with Gasteiger partial charge in [-0.25, -0.2) is 4.79 Å². The number of carbonyl (C=O) groups is 1. The zero-order valence-corrected chi connectivity index (χ0v) is 6.51. The highest BCUT2D eigenvalue weighted by Crippen LogP contribution is 2.03. The summed E-state index contributed by atoms with van der Waals surface area (Å²) in [5, 5.41) is 8.49. The van der Waals surface area contributed by atoms with Gasteiger partial charge in [0.2, 0.25) is 0 Å². The van der Waals surface area contributed by atoms with Crippen molar-refractivity contribution in [1.82, 2.24) is 0 Å². The van der Waals surface area contributed by atoms with Gasteiger partial charge >= 0.3 is 5.97 Å². The molecule has 0 bridgehead atoms. The lowest BCUT2D eigenvalue weighted by atomic mass is 10.1. The van der Waals surface area contributed by atoms with Gasteiger partial charge in [-0.3, -0.25) is 0 Å². The number of carboxylic acid groups (broad SMARTS) is 1. The summed E-state index contributed by atoms with van der Waals surface area (Å²) in [5.74, 6) is -0.851. The highest BCUT2D eigenvalue weighted by Gasteiger charge is 2.00. The van der Waals surface area contributed by atoms with Crippen molar-refractivity contribution in [2.45, 2.75) is 20.8 Å². The summed E-state index contributed by atoms with van der Waals surface area (Å²) < 4.78 is 0. The van der Waals surface area contributed by atoms with Crippen LogP contribution in [0.1, 0.15) is 20.8 Å². The van der Waals surface area contributed by atoms with Crippen molar-refractivity contribution in [1.29, 1.82) is 0 Å². The zero-order valence-electron chi connectivity index (χ0n) is 6.51. The summed E-state index contributed by atoms with van der Waals surface area (Å²) in [5.41, 5.74) is 1.20. The van der Waals surface area contributed by atoms with Crippen molar-refractivity contribution < 1.29 is 9.90 Å². The normalized spacial score (nSPS) is 13.5. The Balaban J connectivity index is 4.50. The third-order valence-corrected chi connectivity index (χ3v) is 1.33. The molecule has 0 aliphatic rings. The molecule has 0 spiro atoms. The van der Waals surface area contributed by atoms with E-state index in [9.17, 15) is 4.79 Å². The summed E-state index contributed by atoms with van der Waals surface area (Å²) in [7, 11) is 0. The predicted octanol–water partition coefficient (Wildman–Crippen LogP) is 1.98. The molecule has 0 aliphatic carbocycles. The fourth-order valence-electron chi connectivity index (χ4n) is 0.544. The van der Waals surface area contributed by atoms with E-state index >= 15 is 0 Å². The molecular formula is C8H12O2. The Labute approximate surface area is 60.9 Å². The minimum atomic E-state index is -0.851. The van der Waals surface area contributed by atoms with Gasteiger partial charge in [0.25, 0.3) is 0 Å². The summed E-state index contributed by atoms with van der Waals surface area (Å²) in [6.07, 6.45) is 3.60. The number of carboxylic acids is 1. The van der Waals surface area contributed by atoms with Gasteiger partial charge < -0.3 is 5.11 Å². The van der Waals surface area contributed by atoms with Crippen LogP contribution in [-0.4, -0.2) is 11.1 Å². The zero-order chi connectivity index (χ0) is 8.15. The van der Waals surface area contributed by atoms with Crippen molar-refractivity contribution >= 4 is 5.97 Å². The van der Waals surface area contributed by atoms with Gasteiger partial charge in [-0.15, -0.1) is 0 Å². The Hall–Kier alpha value is -1.05. The third-order valence-electron chi connectivity index (χ3n) is 1.33. The minimum Gasteiger partial charge on any atom is -0.478 e. The molecular weight excluding hydrogens is 128 g/mol. The SMILES string of the molecule is CC=CC(C)=C(C)C(=O)O. The number of hydrogen-bond acceptors (Lipinski definition) is 1. The Bertz CT molecular complexity index is 187. The monoisotopic (exact) mass is 140 g/mol. The molecule has 0 aromatic rings. The molecule has 0 saturated carbocycles. The highest BCUT2D eigenvalue weighted by molar-refractivity contribution is 5.87. The summed E-state index contributed by atoms with van der Waals surface area (Å²) >= 11 is 0. The number of allylic oxidation sites excluding steroid dienone is 3. The predicted molar refractivity (Wildman–Crippen MR) is 40.8 cm³/mol. The van der Waals surface area contributed by atoms with E-state index in [0.29, 0.717) is 5.57 Å². The second kappa shape index (κ2) is 3.88. The van der Waals surface area contributed by atoms with E-state index < -0.39 is 5.97 Å². The summed E-state index contributed by atoms with van der Waals surface area (Å²) in [6.45, 7) is 5.24. The van der Waals surface area contributed by atoms with Crippen molar-refractivity contribution in [3.8, 4) is 0 Å². The summed E-state index contributed by atoms with van der Waals surface area (Å²) in [4.78, 5) is 10.3. The molecule has 0 unspecified atom stereocenters. The van der Waals surface area contributed by atoms with E-state index in [2.05, 4.69) is 0 Å². The molecule has 1 N–H and O–H groups in total. The molecule has 0 radical (unpaired) electrons. The van der Waals surface area contributed by atoms with E-state index in [-0.39, 0.29) is 0 Å². The first-order chi connectivity index (χ1) is 4.59. The van der Waals surface area contributed by atoms with Gasteiger partial charge in [0.1, 0.15) is 0 Å². The van der Waals surface area contributed by atoms with Gasteiger partial charge in [0.05, 0.1) is 0 Å². The quantitative estimate of drug-likeness (QED) is 0.470. The van der Waals surface area contributed by atoms with Crippen LogP contribution >= 0.6 is 0 Å². The smallest absolute Gasteiger partial charge is 0.331 e. The molecule has 0 fully saturated rings. The van der Waals surface area contributed by atoms with Crippen LogP contribution in [0.15, 0.2) is 23.3 Å². The molecule has 0 aromatic carbocycles. The molecule has 0 saturated heterocycles.